The highest BCUT2D eigenvalue weighted by Crippen LogP contribution is 2.63. The zero-order valence-electron chi connectivity index (χ0n) is 21.9. The SMILES string of the molecule is Fc1ccc(C2(c3ccccc3)c3cc(Br)c4sc5ccccc5c4c3-c3c2cc(Br)c2sc4ccccc4c32)cc1. The molecule has 0 nitrogen and oxygen atoms in total. The van der Waals surface area contributed by atoms with Crippen LogP contribution in [0.5, 0.6) is 0 Å². The minimum absolute atomic E-state index is 0.235. The van der Waals surface area contributed by atoms with Crippen LogP contribution in [0.1, 0.15) is 22.3 Å². The molecule has 0 N–H and O–H groups in total. The maximum Gasteiger partial charge on any atom is 0.123 e. The van der Waals surface area contributed by atoms with Crippen molar-refractivity contribution in [2.45, 2.75) is 5.41 Å². The van der Waals surface area contributed by atoms with Crippen LogP contribution in [0.15, 0.2) is 124 Å². The van der Waals surface area contributed by atoms with E-state index in [4.69, 9.17) is 0 Å². The van der Waals surface area contributed by atoms with Crippen molar-refractivity contribution >= 4 is 94.9 Å². The molecule has 0 aliphatic heterocycles. The molecule has 2 heterocycles. The molecule has 2 aromatic heterocycles. The average Bonchev–Trinajstić information content (AvgIpc) is 3.68. The quantitative estimate of drug-likeness (QED) is 0.168. The fourth-order valence-electron chi connectivity index (χ4n) is 7.15. The van der Waals surface area contributed by atoms with Gasteiger partial charge in [-0.2, -0.15) is 0 Å². The third-order valence-corrected chi connectivity index (χ3v) is 12.9. The van der Waals surface area contributed by atoms with Crippen LogP contribution in [0, 0.1) is 5.82 Å². The number of benzene rings is 6. The molecule has 0 radical (unpaired) electrons. The van der Waals surface area contributed by atoms with E-state index in [1.807, 2.05) is 34.8 Å². The normalized spacial score (nSPS) is 13.8. The molecule has 6 aromatic carbocycles. The Kier molecular flexibility index (Phi) is 5.44. The summed E-state index contributed by atoms with van der Waals surface area (Å²) < 4.78 is 21.7. The van der Waals surface area contributed by atoms with Crippen molar-refractivity contribution < 1.29 is 4.39 Å². The van der Waals surface area contributed by atoms with Crippen LogP contribution in [-0.2, 0) is 5.41 Å². The smallest absolute Gasteiger partial charge is 0.123 e. The summed E-state index contributed by atoms with van der Waals surface area (Å²) in [6.07, 6.45) is 0. The summed E-state index contributed by atoms with van der Waals surface area (Å²) in [5.74, 6) is -0.235. The summed E-state index contributed by atoms with van der Waals surface area (Å²) in [5, 5.41) is 5.08. The summed E-state index contributed by atoms with van der Waals surface area (Å²) in [6.45, 7) is 0. The molecule has 0 amide bonds. The molecule has 0 unspecified atom stereocenters. The van der Waals surface area contributed by atoms with Crippen molar-refractivity contribution in [2.75, 3.05) is 0 Å². The van der Waals surface area contributed by atoms with Gasteiger partial charge in [0.2, 0.25) is 0 Å². The van der Waals surface area contributed by atoms with Crippen LogP contribution in [0.3, 0.4) is 0 Å². The van der Waals surface area contributed by atoms with Gasteiger partial charge in [0.05, 0.1) is 14.8 Å². The Hall–Kier alpha value is -3.35. The summed E-state index contributed by atoms with van der Waals surface area (Å²) in [4.78, 5) is 0. The minimum Gasteiger partial charge on any atom is -0.207 e. The lowest BCUT2D eigenvalue weighted by Gasteiger charge is -2.34. The predicted molar refractivity (Wildman–Crippen MR) is 185 cm³/mol. The van der Waals surface area contributed by atoms with Crippen molar-refractivity contribution in [3.05, 3.63) is 152 Å². The Balaban J connectivity index is 1.61. The number of hydrogen-bond acceptors (Lipinski definition) is 2. The van der Waals surface area contributed by atoms with Crippen molar-refractivity contribution in [1.82, 2.24) is 0 Å². The van der Waals surface area contributed by atoms with Crippen molar-refractivity contribution in [2.24, 2.45) is 0 Å². The van der Waals surface area contributed by atoms with Crippen molar-refractivity contribution in [3.8, 4) is 11.1 Å². The van der Waals surface area contributed by atoms with E-state index in [0.29, 0.717) is 0 Å². The van der Waals surface area contributed by atoms with Crippen LogP contribution in [0.25, 0.3) is 51.5 Å². The van der Waals surface area contributed by atoms with Gasteiger partial charge in [-0.3, -0.25) is 0 Å². The summed E-state index contributed by atoms with van der Waals surface area (Å²) in [7, 11) is 0. The van der Waals surface area contributed by atoms with Crippen LogP contribution >= 0.6 is 54.5 Å². The molecule has 0 saturated carbocycles. The minimum atomic E-state index is -0.654. The number of thiophene rings is 2. The first-order valence-corrected chi connectivity index (χ1v) is 16.9. The summed E-state index contributed by atoms with van der Waals surface area (Å²) in [6, 6.07) is 40.0. The molecule has 0 fully saturated rings. The van der Waals surface area contributed by atoms with Gasteiger partial charge in [0, 0.05) is 39.9 Å². The van der Waals surface area contributed by atoms with Crippen LogP contribution in [-0.4, -0.2) is 0 Å². The fourth-order valence-corrected chi connectivity index (χ4v) is 10.7. The van der Waals surface area contributed by atoms with Gasteiger partial charge < -0.3 is 0 Å². The highest BCUT2D eigenvalue weighted by Gasteiger charge is 2.48. The van der Waals surface area contributed by atoms with E-state index >= 15 is 0 Å². The maximum absolute atomic E-state index is 14.5. The van der Waals surface area contributed by atoms with E-state index in [1.165, 1.54) is 62.6 Å². The van der Waals surface area contributed by atoms with Gasteiger partial charge in [0.25, 0.3) is 0 Å². The second kappa shape index (κ2) is 9.08. The molecule has 0 atom stereocenters. The van der Waals surface area contributed by atoms with Gasteiger partial charge in [0.1, 0.15) is 5.82 Å². The predicted octanol–water partition coefficient (Wildman–Crippen LogP) is 12.4. The van der Waals surface area contributed by atoms with E-state index in [9.17, 15) is 4.39 Å². The Bertz CT molecular complexity index is 2260. The first-order valence-electron chi connectivity index (χ1n) is 13.7. The van der Waals surface area contributed by atoms with Crippen molar-refractivity contribution in [1.29, 1.82) is 0 Å². The van der Waals surface area contributed by atoms with Gasteiger partial charge in [-0.1, -0.05) is 78.9 Å². The largest absolute Gasteiger partial charge is 0.207 e. The lowest BCUT2D eigenvalue weighted by molar-refractivity contribution is 0.625. The monoisotopic (exact) mass is 704 g/mol. The first kappa shape index (κ1) is 25.2. The highest BCUT2D eigenvalue weighted by molar-refractivity contribution is 9.11. The van der Waals surface area contributed by atoms with Crippen molar-refractivity contribution in [3.63, 3.8) is 0 Å². The number of rotatable bonds is 2. The zero-order valence-corrected chi connectivity index (χ0v) is 26.7. The Morgan fingerprint density at radius 3 is 1.50 bits per heavy atom. The number of halogens is 3. The lowest BCUT2D eigenvalue weighted by atomic mass is 9.67. The Morgan fingerprint density at radius 2 is 0.976 bits per heavy atom. The molecule has 8 aromatic rings. The molecular weight excluding hydrogens is 687 g/mol. The topological polar surface area (TPSA) is 0 Å². The summed E-state index contributed by atoms with van der Waals surface area (Å²) >= 11 is 11.7. The molecule has 1 aliphatic carbocycles. The first-order chi connectivity index (χ1) is 20.6. The van der Waals surface area contributed by atoms with Crippen LogP contribution in [0.4, 0.5) is 4.39 Å². The van der Waals surface area contributed by atoms with Gasteiger partial charge >= 0.3 is 0 Å². The second-order valence-corrected chi connectivity index (χ2v) is 14.6. The molecule has 1 aliphatic rings. The van der Waals surface area contributed by atoms with Gasteiger partial charge in [-0.15, -0.1) is 22.7 Å². The van der Waals surface area contributed by atoms with Gasteiger partial charge in [-0.05, 0) is 102 Å². The molecule has 5 heteroatoms. The standard InChI is InChI=1S/C37H19Br2FS2/c38-27-18-25-33(31-23-10-4-6-12-29(23)41-35(27)31)34-26(19-28(39)36-32(34)24-11-5-7-13-30(24)42-36)37(25,20-8-2-1-3-9-20)21-14-16-22(40)17-15-21/h1-19H. The lowest BCUT2D eigenvalue weighted by Crippen LogP contribution is -2.28. The molecule has 42 heavy (non-hydrogen) atoms. The van der Waals surface area contributed by atoms with E-state index in [1.54, 1.807) is 12.1 Å². The average molecular weight is 706 g/mol. The third-order valence-electron chi connectivity index (χ3n) is 8.75. The molecule has 200 valence electrons. The molecule has 0 bridgehead atoms. The molecular formula is C37H19Br2FS2. The summed E-state index contributed by atoms with van der Waals surface area (Å²) in [5.41, 5.74) is 6.53. The van der Waals surface area contributed by atoms with Gasteiger partial charge in [0.15, 0.2) is 0 Å². The van der Waals surface area contributed by atoms with E-state index < -0.39 is 5.41 Å². The Labute approximate surface area is 266 Å². The van der Waals surface area contributed by atoms with Crippen LogP contribution in [0.2, 0.25) is 0 Å². The molecule has 9 rings (SSSR count). The number of fused-ring (bicyclic) bond motifs is 11. The highest BCUT2D eigenvalue weighted by atomic mass is 79.9. The van der Waals surface area contributed by atoms with E-state index in [2.05, 4.69) is 123 Å². The molecule has 0 saturated heterocycles. The fraction of sp³-hybridized carbons (Fsp3) is 0.0270. The second-order valence-electron chi connectivity index (χ2n) is 10.8. The Morgan fingerprint density at radius 1 is 0.524 bits per heavy atom. The zero-order chi connectivity index (χ0) is 28.2. The van der Waals surface area contributed by atoms with E-state index in [0.717, 1.165) is 20.1 Å². The third kappa shape index (κ3) is 3.20. The number of hydrogen-bond donors (Lipinski definition) is 0. The van der Waals surface area contributed by atoms with Gasteiger partial charge in [-0.25, -0.2) is 4.39 Å². The maximum atomic E-state index is 14.5. The van der Waals surface area contributed by atoms with Crippen LogP contribution < -0.4 is 0 Å². The molecule has 0 spiro atoms. The van der Waals surface area contributed by atoms with E-state index in [-0.39, 0.29) is 5.82 Å².